The van der Waals surface area contributed by atoms with Crippen molar-refractivity contribution in [2.75, 3.05) is 11.9 Å². The van der Waals surface area contributed by atoms with E-state index < -0.39 is 0 Å². The van der Waals surface area contributed by atoms with Crippen LogP contribution in [0.5, 0.6) is 0 Å². The summed E-state index contributed by atoms with van der Waals surface area (Å²) in [5, 5.41) is 4.91. The van der Waals surface area contributed by atoms with Gasteiger partial charge < -0.3 is 5.32 Å². The second-order valence-electron chi connectivity index (χ2n) is 4.09. The molecule has 0 radical (unpaired) electrons. The molecule has 0 aliphatic carbocycles. The minimum Gasteiger partial charge on any atom is -0.324 e. The molecule has 0 spiro atoms. The average molecular weight is 254 g/mol. The minimum absolute atomic E-state index is 0.714. The van der Waals surface area contributed by atoms with Gasteiger partial charge in [0.05, 0.1) is 16.9 Å². The Labute approximate surface area is 113 Å². The fraction of sp³-hybridized carbons (Fsp3) is 0.267. The van der Waals surface area contributed by atoms with E-state index in [9.17, 15) is 0 Å². The topological polar surface area (TPSA) is 50.2 Å². The van der Waals surface area contributed by atoms with Crippen molar-refractivity contribution in [3.8, 4) is 0 Å². The molecule has 0 unspecified atom stereocenters. The molecule has 4 nitrogen and oxygen atoms in total. The summed E-state index contributed by atoms with van der Waals surface area (Å²) in [6.07, 6.45) is 14.6. The van der Waals surface area contributed by atoms with Gasteiger partial charge in [-0.2, -0.15) is 0 Å². The number of allylic oxidation sites excluding steroid dienone is 2. The van der Waals surface area contributed by atoms with Gasteiger partial charge in [0.2, 0.25) is 0 Å². The van der Waals surface area contributed by atoms with E-state index in [2.05, 4.69) is 26.4 Å². The van der Waals surface area contributed by atoms with Crippen LogP contribution in [0, 0.1) is 0 Å². The molecule has 2 heterocycles. The summed E-state index contributed by atoms with van der Waals surface area (Å²) in [6.45, 7) is 4.76. The average Bonchev–Trinajstić information content (AvgIpc) is 2.46. The third kappa shape index (κ3) is 3.61. The van der Waals surface area contributed by atoms with Gasteiger partial charge in [-0.15, -0.1) is 0 Å². The maximum Gasteiger partial charge on any atom is 0.150 e. The first-order chi connectivity index (χ1) is 9.33. The zero-order valence-corrected chi connectivity index (χ0v) is 11.3. The number of anilines is 1. The monoisotopic (exact) mass is 254 g/mol. The van der Waals surface area contributed by atoms with Gasteiger partial charge in [-0.3, -0.25) is 9.98 Å². The number of amidine groups is 1. The molecule has 98 valence electrons. The van der Waals surface area contributed by atoms with Crippen molar-refractivity contribution in [1.82, 2.24) is 9.97 Å². The van der Waals surface area contributed by atoms with Gasteiger partial charge in [0.25, 0.3) is 0 Å². The summed E-state index contributed by atoms with van der Waals surface area (Å²) < 4.78 is 0. The predicted molar refractivity (Wildman–Crippen MR) is 80.4 cm³/mol. The Morgan fingerprint density at radius 2 is 2.16 bits per heavy atom. The molecular formula is C15H18N4. The van der Waals surface area contributed by atoms with E-state index in [0.717, 1.165) is 29.5 Å². The number of hydrogen-bond acceptors (Lipinski definition) is 4. The molecule has 0 saturated carbocycles. The highest BCUT2D eigenvalue weighted by Gasteiger charge is 2.01. The molecule has 2 rings (SSSR count). The molecule has 1 aliphatic heterocycles. The second kappa shape index (κ2) is 6.64. The summed E-state index contributed by atoms with van der Waals surface area (Å²) in [6, 6.07) is 0. The van der Waals surface area contributed by atoms with Crippen LogP contribution in [0.25, 0.3) is 12.2 Å². The smallest absolute Gasteiger partial charge is 0.150 e. The van der Waals surface area contributed by atoms with Crippen molar-refractivity contribution in [2.45, 2.75) is 20.3 Å². The Kier molecular flexibility index (Phi) is 4.61. The normalized spacial score (nSPS) is 17.1. The summed E-state index contributed by atoms with van der Waals surface area (Å²) in [4.78, 5) is 13.3. The van der Waals surface area contributed by atoms with Gasteiger partial charge in [-0.25, -0.2) is 4.98 Å². The van der Waals surface area contributed by atoms with E-state index in [-0.39, 0.29) is 0 Å². The molecule has 0 fully saturated rings. The van der Waals surface area contributed by atoms with Crippen molar-refractivity contribution in [2.24, 2.45) is 4.99 Å². The molecule has 0 atom stereocenters. The lowest BCUT2D eigenvalue weighted by Crippen LogP contribution is -2.32. The highest BCUT2D eigenvalue weighted by molar-refractivity contribution is 6.03. The van der Waals surface area contributed by atoms with Crippen LogP contribution in [-0.2, 0) is 0 Å². The highest BCUT2D eigenvalue weighted by atomic mass is 15.1. The molecule has 19 heavy (non-hydrogen) atoms. The maximum atomic E-state index is 4.55. The van der Waals surface area contributed by atoms with Gasteiger partial charge in [-0.1, -0.05) is 24.3 Å². The summed E-state index contributed by atoms with van der Waals surface area (Å²) in [5.74, 6) is 1.55. The first-order valence-electron chi connectivity index (χ1n) is 6.44. The summed E-state index contributed by atoms with van der Waals surface area (Å²) in [5.41, 5.74) is 0. The van der Waals surface area contributed by atoms with Crippen molar-refractivity contribution < 1.29 is 0 Å². The lowest BCUT2D eigenvalue weighted by molar-refractivity contribution is 0.990. The number of rotatable bonds is 2. The van der Waals surface area contributed by atoms with Crippen LogP contribution in [0.3, 0.4) is 0 Å². The molecule has 0 amide bonds. The van der Waals surface area contributed by atoms with Crippen molar-refractivity contribution >= 4 is 23.8 Å². The van der Waals surface area contributed by atoms with Crippen LogP contribution in [0.4, 0.5) is 5.82 Å². The van der Waals surface area contributed by atoms with E-state index in [1.807, 2.05) is 44.2 Å². The highest BCUT2D eigenvalue weighted by Crippen LogP contribution is 2.00. The van der Waals surface area contributed by atoms with Gasteiger partial charge in [0, 0.05) is 6.54 Å². The van der Waals surface area contributed by atoms with Crippen molar-refractivity contribution in [3.63, 3.8) is 0 Å². The fourth-order valence-corrected chi connectivity index (χ4v) is 1.73. The number of hydrogen-bond donors (Lipinski definition) is 1. The van der Waals surface area contributed by atoms with Crippen molar-refractivity contribution in [3.05, 3.63) is 41.2 Å². The van der Waals surface area contributed by atoms with Gasteiger partial charge >= 0.3 is 0 Å². The zero-order valence-electron chi connectivity index (χ0n) is 11.3. The van der Waals surface area contributed by atoms with Crippen LogP contribution in [0.15, 0.2) is 35.5 Å². The number of aliphatic imine (C=N–C) groups is 1. The lowest BCUT2D eigenvalue weighted by atomic mass is 10.3. The fourth-order valence-electron chi connectivity index (χ4n) is 1.73. The Morgan fingerprint density at radius 1 is 1.26 bits per heavy atom. The Morgan fingerprint density at radius 3 is 2.84 bits per heavy atom. The molecule has 0 bridgehead atoms. The van der Waals surface area contributed by atoms with Crippen LogP contribution in [0.2, 0.25) is 0 Å². The Hall–Kier alpha value is -2.23. The summed E-state index contributed by atoms with van der Waals surface area (Å²) >= 11 is 0. The van der Waals surface area contributed by atoms with Crippen molar-refractivity contribution in [1.29, 1.82) is 0 Å². The molecule has 0 aromatic carbocycles. The number of dihydropyridines is 1. The SMILES string of the molecule is C\C=C/C=c1/nc(NC2=NCCC=C2)cn/c1=C/C. The molecule has 0 saturated heterocycles. The molecule has 1 aromatic heterocycles. The molecule has 4 heteroatoms. The zero-order chi connectivity index (χ0) is 13.5. The van der Waals surface area contributed by atoms with E-state index in [4.69, 9.17) is 0 Å². The number of nitrogens with one attached hydrogen (secondary N) is 1. The van der Waals surface area contributed by atoms with Crippen LogP contribution >= 0.6 is 0 Å². The lowest BCUT2D eigenvalue weighted by Gasteiger charge is -2.08. The van der Waals surface area contributed by atoms with E-state index in [1.54, 1.807) is 6.20 Å². The molecule has 1 aliphatic rings. The van der Waals surface area contributed by atoms with E-state index in [1.165, 1.54) is 0 Å². The molecule has 1 N–H and O–H groups in total. The first kappa shape index (κ1) is 13.2. The maximum absolute atomic E-state index is 4.55. The molecular weight excluding hydrogens is 236 g/mol. The largest absolute Gasteiger partial charge is 0.324 e. The second-order valence-corrected chi connectivity index (χ2v) is 4.09. The van der Waals surface area contributed by atoms with E-state index >= 15 is 0 Å². The van der Waals surface area contributed by atoms with E-state index in [0.29, 0.717) is 5.82 Å². The Balaban J connectivity index is 2.33. The molecule has 1 aromatic rings. The van der Waals surface area contributed by atoms with Gasteiger partial charge in [0.1, 0.15) is 5.84 Å². The third-order valence-electron chi connectivity index (χ3n) is 2.66. The van der Waals surface area contributed by atoms with Crippen LogP contribution < -0.4 is 16.0 Å². The summed E-state index contributed by atoms with van der Waals surface area (Å²) in [7, 11) is 0. The number of nitrogens with zero attached hydrogens (tertiary/aromatic N) is 3. The van der Waals surface area contributed by atoms with Gasteiger partial charge in [-0.05, 0) is 32.4 Å². The Bertz CT molecular complexity index is 639. The van der Waals surface area contributed by atoms with Gasteiger partial charge in [0.15, 0.2) is 5.82 Å². The standard InChI is InChI=1S/C15H18N4/c1-3-5-8-13-12(4-2)17-11-15(18-13)19-14-9-6-7-10-16-14/h3-6,8-9,11H,7,10H2,1-2H3,(H,16,18,19)/b5-3-,12-4+,13-8+. The first-order valence-corrected chi connectivity index (χ1v) is 6.44. The predicted octanol–water partition coefficient (Wildman–Crippen LogP) is 1.40. The van der Waals surface area contributed by atoms with Crippen LogP contribution in [0.1, 0.15) is 20.3 Å². The quantitative estimate of drug-likeness (QED) is 0.868. The van der Waals surface area contributed by atoms with Crippen LogP contribution in [-0.4, -0.2) is 22.3 Å². The third-order valence-corrected chi connectivity index (χ3v) is 2.66. The minimum atomic E-state index is 0.714. The number of aromatic nitrogens is 2.